The number of sulfonamides is 1. The predicted molar refractivity (Wildman–Crippen MR) is 56.1 cm³/mol. The summed E-state index contributed by atoms with van der Waals surface area (Å²) in [7, 11) is -4.73. The molecule has 0 aromatic heterocycles. The van der Waals surface area contributed by atoms with E-state index in [9.17, 15) is 22.0 Å². The minimum absolute atomic E-state index is 0.281. The molecule has 1 aliphatic carbocycles. The van der Waals surface area contributed by atoms with Crippen LogP contribution in [0, 0.1) is 5.92 Å². The van der Waals surface area contributed by atoms with E-state index >= 15 is 0 Å². The molecule has 0 aromatic carbocycles. The molecular formula is C9H15F2NO4S. The van der Waals surface area contributed by atoms with Gasteiger partial charge in [-0.2, -0.15) is 8.78 Å². The van der Waals surface area contributed by atoms with Crippen LogP contribution in [0.2, 0.25) is 0 Å². The smallest absolute Gasteiger partial charge is 0.350 e. The Labute approximate surface area is 98.3 Å². The number of nitrogens with one attached hydrogen (secondary N) is 1. The lowest BCUT2D eigenvalue weighted by Gasteiger charge is -2.22. The largest absolute Gasteiger partial charge is 0.481 e. The molecule has 0 aromatic rings. The molecule has 2 atom stereocenters. The molecule has 2 unspecified atom stereocenters. The number of carbonyl (C=O) groups is 1. The summed E-state index contributed by atoms with van der Waals surface area (Å²) < 4.78 is 48.3. The van der Waals surface area contributed by atoms with Gasteiger partial charge in [-0.05, 0) is 12.8 Å². The highest BCUT2D eigenvalue weighted by molar-refractivity contribution is 7.89. The number of hydrogen-bond donors (Lipinski definition) is 2. The third kappa shape index (κ3) is 3.88. The van der Waals surface area contributed by atoms with E-state index in [1.165, 1.54) is 0 Å². The zero-order chi connectivity index (χ0) is 13.1. The van der Waals surface area contributed by atoms with Crippen LogP contribution in [0.15, 0.2) is 0 Å². The maximum atomic E-state index is 12.2. The summed E-state index contributed by atoms with van der Waals surface area (Å²) in [5.74, 6) is -5.60. The van der Waals surface area contributed by atoms with Gasteiger partial charge >= 0.3 is 11.7 Å². The number of carboxylic acid groups (broad SMARTS) is 1. The molecule has 8 heteroatoms. The zero-order valence-electron chi connectivity index (χ0n) is 9.10. The summed E-state index contributed by atoms with van der Waals surface area (Å²) in [6, 6.07) is -0.936. The Bertz CT molecular complexity index is 371. The van der Waals surface area contributed by atoms with Gasteiger partial charge in [-0.15, -0.1) is 0 Å². The van der Waals surface area contributed by atoms with Crippen molar-refractivity contribution in [3.8, 4) is 0 Å². The molecular weight excluding hydrogens is 256 g/mol. The van der Waals surface area contributed by atoms with Crippen LogP contribution in [0.3, 0.4) is 0 Å². The summed E-state index contributed by atoms with van der Waals surface area (Å²) in [5.41, 5.74) is 0. The Morgan fingerprint density at radius 2 is 1.82 bits per heavy atom. The molecule has 1 rings (SSSR count). The number of aliphatic carboxylic acids is 1. The molecule has 0 heterocycles. The van der Waals surface area contributed by atoms with E-state index in [-0.39, 0.29) is 6.42 Å². The van der Waals surface area contributed by atoms with Gasteiger partial charge in [0, 0.05) is 6.04 Å². The lowest BCUT2D eigenvalue weighted by molar-refractivity contribution is -0.142. The molecule has 0 amide bonds. The van der Waals surface area contributed by atoms with E-state index < -0.39 is 33.7 Å². The van der Waals surface area contributed by atoms with Crippen molar-refractivity contribution in [2.45, 2.75) is 43.9 Å². The van der Waals surface area contributed by atoms with Gasteiger partial charge in [-0.25, -0.2) is 13.1 Å². The fourth-order valence-corrected chi connectivity index (χ4v) is 2.81. The maximum absolute atomic E-state index is 12.2. The standard InChI is InChI=1S/C9H15F2NO4S/c10-9(11)17(15,16)12-7-5-3-1-2-4-6(7)8(13)14/h6-7,9,12H,1-5H2,(H,13,14). The second-order valence-electron chi connectivity index (χ2n) is 4.11. The van der Waals surface area contributed by atoms with Crippen molar-refractivity contribution in [1.82, 2.24) is 4.72 Å². The van der Waals surface area contributed by atoms with Gasteiger partial charge in [-0.3, -0.25) is 4.79 Å². The van der Waals surface area contributed by atoms with Crippen LogP contribution in [0.25, 0.3) is 0 Å². The molecule has 1 fully saturated rings. The Balaban J connectivity index is 2.81. The van der Waals surface area contributed by atoms with E-state index in [0.717, 1.165) is 6.42 Å². The lowest BCUT2D eigenvalue weighted by atomic mass is 9.96. The highest BCUT2D eigenvalue weighted by Gasteiger charge is 2.35. The zero-order valence-corrected chi connectivity index (χ0v) is 9.92. The Morgan fingerprint density at radius 1 is 1.24 bits per heavy atom. The first-order valence-corrected chi connectivity index (χ1v) is 6.91. The van der Waals surface area contributed by atoms with Gasteiger partial charge in [0.05, 0.1) is 5.92 Å². The predicted octanol–water partition coefficient (Wildman–Crippen LogP) is 1.16. The number of rotatable bonds is 4. The normalized spacial score (nSPS) is 26.8. The minimum atomic E-state index is -4.73. The third-order valence-corrected chi connectivity index (χ3v) is 3.98. The van der Waals surface area contributed by atoms with E-state index in [2.05, 4.69) is 0 Å². The van der Waals surface area contributed by atoms with Crippen LogP contribution in [0.4, 0.5) is 8.78 Å². The van der Waals surface area contributed by atoms with Crippen molar-refractivity contribution in [3.05, 3.63) is 0 Å². The first-order chi connectivity index (χ1) is 7.84. The summed E-state index contributed by atoms with van der Waals surface area (Å²) in [6.45, 7) is 0. The van der Waals surface area contributed by atoms with Gasteiger partial charge in [0.25, 0.3) is 10.0 Å². The monoisotopic (exact) mass is 271 g/mol. The summed E-state index contributed by atoms with van der Waals surface area (Å²) in [6.07, 6.45) is 2.69. The van der Waals surface area contributed by atoms with Crippen molar-refractivity contribution in [2.75, 3.05) is 0 Å². The SMILES string of the molecule is O=C(O)C1CCCCCC1NS(=O)(=O)C(F)F. The molecule has 0 radical (unpaired) electrons. The number of halogens is 2. The van der Waals surface area contributed by atoms with Crippen LogP contribution >= 0.6 is 0 Å². The summed E-state index contributed by atoms with van der Waals surface area (Å²) >= 11 is 0. The quantitative estimate of drug-likeness (QED) is 0.752. The highest BCUT2D eigenvalue weighted by atomic mass is 32.2. The number of alkyl halides is 2. The van der Waals surface area contributed by atoms with Gasteiger partial charge in [-0.1, -0.05) is 19.3 Å². The number of carboxylic acids is 1. The summed E-state index contributed by atoms with van der Waals surface area (Å²) in [5, 5.41) is 8.95. The van der Waals surface area contributed by atoms with Gasteiger partial charge < -0.3 is 5.11 Å². The molecule has 0 spiro atoms. The van der Waals surface area contributed by atoms with Gasteiger partial charge in [0.2, 0.25) is 0 Å². The van der Waals surface area contributed by atoms with Crippen LogP contribution < -0.4 is 4.72 Å². The molecule has 2 N–H and O–H groups in total. The summed E-state index contributed by atoms with van der Waals surface area (Å²) in [4.78, 5) is 11.0. The Morgan fingerprint density at radius 3 is 2.35 bits per heavy atom. The minimum Gasteiger partial charge on any atom is -0.481 e. The van der Waals surface area contributed by atoms with Crippen molar-refractivity contribution in [1.29, 1.82) is 0 Å². The first-order valence-electron chi connectivity index (χ1n) is 5.36. The van der Waals surface area contributed by atoms with Crippen molar-refractivity contribution >= 4 is 16.0 Å². The van der Waals surface area contributed by atoms with E-state index in [4.69, 9.17) is 5.11 Å². The van der Waals surface area contributed by atoms with Crippen molar-refractivity contribution in [2.24, 2.45) is 5.92 Å². The van der Waals surface area contributed by atoms with Crippen LogP contribution in [0.5, 0.6) is 0 Å². The average molecular weight is 271 g/mol. The van der Waals surface area contributed by atoms with Crippen molar-refractivity contribution in [3.63, 3.8) is 0 Å². The van der Waals surface area contributed by atoms with Gasteiger partial charge in [0.15, 0.2) is 0 Å². The van der Waals surface area contributed by atoms with E-state index in [1.54, 1.807) is 0 Å². The topological polar surface area (TPSA) is 83.5 Å². The van der Waals surface area contributed by atoms with Crippen molar-refractivity contribution < 1.29 is 27.1 Å². The highest BCUT2D eigenvalue weighted by Crippen LogP contribution is 2.25. The molecule has 0 saturated heterocycles. The first kappa shape index (κ1) is 14.3. The second-order valence-corrected chi connectivity index (χ2v) is 5.79. The fraction of sp³-hybridized carbons (Fsp3) is 0.889. The number of hydrogen-bond acceptors (Lipinski definition) is 3. The van der Waals surface area contributed by atoms with E-state index in [0.29, 0.717) is 19.3 Å². The third-order valence-electron chi connectivity index (χ3n) is 2.88. The molecule has 100 valence electrons. The second kappa shape index (κ2) is 5.72. The molecule has 5 nitrogen and oxygen atoms in total. The van der Waals surface area contributed by atoms with Crippen LogP contribution in [-0.4, -0.2) is 31.3 Å². The maximum Gasteiger partial charge on any atom is 0.350 e. The Kier molecular flexibility index (Phi) is 4.81. The molecule has 1 aliphatic rings. The van der Waals surface area contributed by atoms with Crippen LogP contribution in [-0.2, 0) is 14.8 Å². The molecule has 0 bridgehead atoms. The van der Waals surface area contributed by atoms with E-state index in [1.807, 2.05) is 4.72 Å². The Hall–Kier alpha value is -0.760. The van der Waals surface area contributed by atoms with Crippen LogP contribution in [0.1, 0.15) is 32.1 Å². The van der Waals surface area contributed by atoms with Gasteiger partial charge in [0.1, 0.15) is 0 Å². The molecule has 17 heavy (non-hydrogen) atoms. The average Bonchev–Trinajstić information content (AvgIpc) is 2.42. The molecule has 0 aliphatic heterocycles. The lowest BCUT2D eigenvalue weighted by Crippen LogP contribution is -2.44. The fourth-order valence-electron chi connectivity index (χ4n) is 2.01. The molecule has 1 saturated carbocycles.